The van der Waals surface area contributed by atoms with Crippen molar-refractivity contribution in [3.8, 4) is 22.6 Å². The Morgan fingerprint density at radius 3 is 2.70 bits per heavy atom. The van der Waals surface area contributed by atoms with E-state index in [0.717, 1.165) is 22.7 Å². The summed E-state index contributed by atoms with van der Waals surface area (Å²) in [5.41, 5.74) is 4.13. The Labute approximate surface area is 130 Å². The van der Waals surface area contributed by atoms with Crippen molar-refractivity contribution in [3.63, 3.8) is 0 Å². The van der Waals surface area contributed by atoms with E-state index in [0.29, 0.717) is 17.1 Å². The maximum atomic E-state index is 14.1. The molecule has 0 saturated heterocycles. The molecule has 0 saturated carbocycles. The van der Waals surface area contributed by atoms with Crippen molar-refractivity contribution in [2.24, 2.45) is 0 Å². The minimum Gasteiger partial charge on any atom is -0.338 e. The van der Waals surface area contributed by atoms with Crippen LogP contribution in [-0.2, 0) is 0 Å². The van der Waals surface area contributed by atoms with Crippen LogP contribution >= 0.6 is 0 Å². The van der Waals surface area contributed by atoms with Gasteiger partial charge in [0.25, 0.3) is 0 Å². The Hall–Kier alpha value is -3.02. The van der Waals surface area contributed by atoms with Crippen LogP contribution in [0.4, 0.5) is 8.78 Å². The highest BCUT2D eigenvalue weighted by atomic mass is 19.1. The molecule has 0 radical (unpaired) electrons. The highest BCUT2D eigenvalue weighted by Gasteiger charge is 2.17. The average molecular weight is 310 g/mol. The zero-order valence-electron chi connectivity index (χ0n) is 12.2. The zero-order chi connectivity index (χ0) is 16.0. The van der Waals surface area contributed by atoms with Crippen LogP contribution in [0.1, 0.15) is 5.56 Å². The molecule has 4 aromatic rings. The lowest BCUT2D eigenvalue weighted by atomic mass is 10.1. The highest BCUT2D eigenvalue weighted by molar-refractivity contribution is 5.85. The van der Waals surface area contributed by atoms with Crippen molar-refractivity contribution in [1.29, 1.82) is 0 Å². The standard InChI is InChI=1S/C17H12F2N4/c1-9-3-2-4-14-15(9)22-17(21-14)12-8-20-23-16(12)11-6-5-10(18)7-13(11)19/h2-8H,1H3,(H,20,23)(H,21,22). The summed E-state index contributed by atoms with van der Waals surface area (Å²) in [6.07, 6.45) is 1.57. The molecule has 0 unspecified atom stereocenters. The molecule has 2 N–H and O–H groups in total. The van der Waals surface area contributed by atoms with Gasteiger partial charge in [-0.15, -0.1) is 0 Å². The van der Waals surface area contributed by atoms with E-state index in [-0.39, 0.29) is 5.56 Å². The molecule has 0 aliphatic rings. The van der Waals surface area contributed by atoms with E-state index in [1.54, 1.807) is 6.20 Å². The molecule has 2 aromatic carbocycles. The van der Waals surface area contributed by atoms with Crippen molar-refractivity contribution in [3.05, 3.63) is 59.8 Å². The number of H-pyrrole nitrogens is 2. The van der Waals surface area contributed by atoms with Crippen LogP contribution < -0.4 is 0 Å². The third kappa shape index (κ3) is 2.19. The SMILES string of the molecule is Cc1cccc2[nH]c(-c3cn[nH]c3-c3ccc(F)cc3F)nc12. The van der Waals surface area contributed by atoms with Gasteiger partial charge in [-0.05, 0) is 30.7 Å². The molecule has 2 aromatic heterocycles. The molecule has 6 heteroatoms. The van der Waals surface area contributed by atoms with Crippen LogP contribution in [0.5, 0.6) is 0 Å². The summed E-state index contributed by atoms with van der Waals surface area (Å²) >= 11 is 0. The summed E-state index contributed by atoms with van der Waals surface area (Å²) in [5, 5.41) is 6.75. The van der Waals surface area contributed by atoms with Gasteiger partial charge in [0.2, 0.25) is 0 Å². The number of rotatable bonds is 2. The molecular formula is C17H12F2N4. The number of aromatic nitrogens is 4. The van der Waals surface area contributed by atoms with Gasteiger partial charge in [-0.3, -0.25) is 5.10 Å². The molecule has 114 valence electrons. The number of imidazole rings is 1. The minimum absolute atomic E-state index is 0.246. The second kappa shape index (κ2) is 5.01. The molecule has 0 atom stereocenters. The van der Waals surface area contributed by atoms with Crippen LogP contribution in [-0.4, -0.2) is 20.2 Å². The number of aryl methyl sites for hydroxylation is 1. The maximum Gasteiger partial charge on any atom is 0.142 e. The predicted octanol–water partition coefficient (Wildman–Crippen LogP) is 4.21. The van der Waals surface area contributed by atoms with Crippen LogP contribution in [0, 0.1) is 18.6 Å². The lowest BCUT2D eigenvalue weighted by Gasteiger charge is -2.03. The van der Waals surface area contributed by atoms with Gasteiger partial charge in [0.05, 0.1) is 28.5 Å². The van der Waals surface area contributed by atoms with E-state index >= 15 is 0 Å². The first kappa shape index (κ1) is 13.6. The highest BCUT2D eigenvalue weighted by Crippen LogP contribution is 2.31. The Bertz CT molecular complexity index is 1020. The number of halogens is 2. The number of hydrogen-bond donors (Lipinski definition) is 2. The second-order valence-corrected chi connectivity index (χ2v) is 5.34. The van der Waals surface area contributed by atoms with Gasteiger partial charge in [0, 0.05) is 11.6 Å². The average Bonchev–Trinajstić information content (AvgIpc) is 3.13. The molecule has 0 bridgehead atoms. The maximum absolute atomic E-state index is 14.1. The molecule has 0 aliphatic carbocycles. The van der Waals surface area contributed by atoms with Crippen LogP contribution in [0.2, 0.25) is 0 Å². The van der Waals surface area contributed by atoms with Gasteiger partial charge in [0.1, 0.15) is 17.5 Å². The third-order valence-electron chi connectivity index (χ3n) is 3.81. The monoisotopic (exact) mass is 310 g/mol. The molecule has 0 fully saturated rings. The van der Waals surface area contributed by atoms with Gasteiger partial charge in [-0.25, -0.2) is 13.8 Å². The van der Waals surface area contributed by atoms with Crippen molar-refractivity contribution < 1.29 is 8.78 Å². The van der Waals surface area contributed by atoms with E-state index in [1.165, 1.54) is 12.1 Å². The second-order valence-electron chi connectivity index (χ2n) is 5.34. The summed E-state index contributed by atoms with van der Waals surface area (Å²) in [7, 11) is 0. The number of para-hydroxylation sites is 1. The van der Waals surface area contributed by atoms with E-state index in [2.05, 4.69) is 20.2 Å². The van der Waals surface area contributed by atoms with Crippen molar-refractivity contribution in [2.45, 2.75) is 6.92 Å². The minimum atomic E-state index is -0.650. The number of hydrogen-bond acceptors (Lipinski definition) is 2. The quantitative estimate of drug-likeness (QED) is 0.583. The van der Waals surface area contributed by atoms with Crippen molar-refractivity contribution >= 4 is 11.0 Å². The van der Waals surface area contributed by atoms with E-state index in [4.69, 9.17) is 0 Å². The molecule has 0 aliphatic heterocycles. The van der Waals surface area contributed by atoms with Gasteiger partial charge < -0.3 is 4.98 Å². The normalized spacial score (nSPS) is 11.3. The number of benzene rings is 2. The topological polar surface area (TPSA) is 57.4 Å². The summed E-state index contributed by atoms with van der Waals surface area (Å²) in [4.78, 5) is 7.79. The zero-order valence-corrected chi connectivity index (χ0v) is 12.2. The van der Waals surface area contributed by atoms with Crippen LogP contribution in [0.15, 0.2) is 42.6 Å². The number of nitrogens with zero attached hydrogens (tertiary/aromatic N) is 2. The predicted molar refractivity (Wildman–Crippen MR) is 83.8 cm³/mol. The molecule has 0 spiro atoms. The molecule has 23 heavy (non-hydrogen) atoms. The number of aromatic amines is 2. The van der Waals surface area contributed by atoms with Gasteiger partial charge in [-0.1, -0.05) is 12.1 Å². The Morgan fingerprint density at radius 2 is 1.91 bits per heavy atom. The summed E-state index contributed by atoms with van der Waals surface area (Å²) in [6, 6.07) is 9.29. The Morgan fingerprint density at radius 1 is 1.04 bits per heavy atom. The van der Waals surface area contributed by atoms with Crippen molar-refractivity contribution in [2.75, 3.05) is 0 Å². The van der Waals surface area contributed by atoms with Gasteiger partial charge >= 0.3 is 0 Å². The first-order valence-electron chi connectivity index (χ1n) is 7.08. The smallest absolute Gasteiger partial charge is 0.142 e. The molecule has 0 amide bonds. The number of nitrogens with one attached hydrogen (secondary N) is 2. The van der Waals surface area contributed by atoms with E-state index in [9.17, 15) is 8.78 Å². The lowest BCUT2D eigenvalue weighted by Crippen LogP contribution is -1.90. The fourth-order valence-electron chi connectivity index (χ4n) is 2.67. The van der Waals surface area contributed by atoms with Gasteiger partial charge in [-0.2, -0.15) is 5.10 Å². The largest absolute Gasteiger partial charge is 0.338 e. The number of fused-ring (bicyclic) bond motifs is 1. The fourth-order valence-corrected chi connectivity index (χ4v) is 2.67. The van der Waals surface area contributed by atoms with E-state index in [1.807, 2.05) is 25.1 Å². The summed E-state index contributed by atoms with van der Waals surface area (Å²) in [6.45, 7) is 1.98. The molecule has 4 nitrogen and oxygen atoms in total. The molecule has 2 heterocycles. The summed E-state index contributed by atoms with van der Waals surface area (Å²) < 4.78 is 27.2. The molecular weight excluding hydrogens is 298 g/mol. The van der Waals surface area contributed by atoms with Crippen LogP contribution in [0.3, 0.4) is 0 Å². The molecule has 4 rings (SSSR count). The third-order valence-corrected chi connectivity index (χ3v) is 3.81. The first-order valence-corrected chi connectivity index (χ1v) is 7.08. The van der Waals surface area contributed by atoms with Crippen LogP contribution in [0.25, 0.3) is 33.7 Å². The fraction of sp³-hybridized carbons (Fsp3) is 0.0588. The summed E-state index contributed by atoms with van der Waals surface area (Å²) in [5.74, 6) is -0.684. The van der Waals surface area contributed by atoms with E-state index < -0.39 is 11.6 Å². The Balaban J connectivity index is 1.90. The van der Waals surface area contributed by atoms with Crippen molar-refractivity contribution in [1.82, 2.24) is 20.2 Å². The lowest BCUT2D eigenvalue weighted by molar-refractivity contribution is 0.585. The van der Waals surface area contributed by atoms with Gasteiger partial charge in [0.15, 0.2) is 0 Å². The Kier molecular flexibility index (Phi) is 2.97. The first-order chi connectivity index (χ1) is 11.1.